The first-order valence-corrected chi connectivity index (χ1v) is 7.75. The van der Waals surface area contributed by atoms with Crippen molar-refractivity contribution in [3.05, 3.63) is 52.2 Å². The minimum absolute atomic E-state index is 0.165. The average Bonchev–Trinajstić information content (AvgIpc) is 3.17. The van der Waals surface area contributed by atoms with Gasteiger partial charge >= 0.3 is 0 Å². The molecule has 1 saturated heterocycles. The van der Waals surface area contributed by atoms with Gasteiger partial charge in [0.25, 0.3) is 5.91 Å². The Morgan fingerprint density at radius 2 is 1.95 bits per heavy atom. The lowest BCUT2D eigenvalue weighted by Crippen LogP contribution is -2.26. The molecule has 2 aromatic rings. The van der Waals surface area contributed by atoms with Crippen LogP contribution >= 0.6 is 11.3 Å². The summed E-state index contributed by atoms with van der Waals surface area (Å²) in [5.74, 6) is 1.02. The molecule has 0 atom stereocenters. The van der Waals surface area contributed by atoms with Crippen molar-refractivity contribution in [2.75, 3.05) is 13.1 Å². The molecule has 4 heteroatoms. The predicted molar refractivity (Wildman–Crippen MR) is 80.2 cm³/mol. The summed E-state index contributed by atoms with van der Waals surface area (Å²) in [6, 6.07) is 11.7. The molecule has 0 radical (unpaired) electrons. The zero-order valence-corrected chi connectivity index (χ0v) is 12.1. The van der Waals surface area contributed by atoms with Crippen molar-refractivity contribution in [1.29, 1.82) is 0 Å². The average molecular weight is 287 g/mol. The highest BCUT2D eigenvalue weighted by molar-refractivity contribution is 7.12. The van der Waals surface area contributed by atoms with E-state index in [1.54, 1.807) is 0 Å². The molecule has 1 aromatic heterocycles. The van der Waals surface area contributed by atoms with Crippen molar-refractivity contribution in [3.63, 3.8) is 0 Å². The van der Waals surface area contributed by atoms with Gasteiger partial charge in [-0.05, 0) is 36.4 Å². The van der Waals surface area contributed by atoms with E-state index >= 15 is 0 Å². The second-order valence-corrected chi connectivity index (χ2v) is 5.83. The number of para-hydroxylation sites is 1. The van der Waals surface area contributed by atoms with Crippen molar-refractivity contribution >= 4 is 17.2 Å². The van der Waals surface area contributed by atoms with E-state index in [0.29, 0.717) is 6.61 Å². The summed E-state index contributed by atoms with van der Waals surface area (Å²) < 4.78 is 5.69. The monoisotopic (exact) mass is 287 g/mol. The van der Waals surface area contributed by atoms with E-state index in [4.69, 9.17) is 4.74 Å². The van der Waals surface area contributed by atoms with Gasteiger partial charge in [-0.15, -0.1) is 11.3 Å². The number of nitrogens with zero attached hydrogens (tertiary/aromatic N) is 1. The Kier molecular flexibility index (Phi) is 4.02. The molecule has 0 N–H and O–H groups in total. The number of benzene rings is 1. The number of hydrogen-bond donors (Lipinski definition) is 0. The third kappa shape index (κ3) is 3.02. The van der Waals surface area contributed by atoms with Gasteiger partial charge in [0.15, 0.2) is 0 Å². The van der Waals surface area contributed by atoms with Crippen molar-refractivity contribution in [2.45, 2.75) is 19.4 Å². The third-order valence-corrected chi connectivity index (χ3v) is 4.37. The molecule has 0 spiro atoms. The number of carbonyl (C=O) groups is 1. The highest BCUT2D eigenvalue weighted by Crippen LogP contribution is 2.21. The normalized spacial score (nSPS) is 14.5. The topological polar surface area (TPSA) is 29.5 Å². The largest absolute Gasteiger partial charge is 0.489 e. The fourth-order valence-electron chi connectivity index (χ4n) is 2.32. The molecule has 0 unspecified atom stereocenters. The number of amides is 1. The summed E-state index contributed by atoms with van der Waals surface area (Å²) in [6.07, 6.45) is 2.25. The number of rotatable bonds is 4. The molecule has 1 fully saturated rings. The van der Waals surface area contributed by atoms with Crippen molar-refractivity contribution < 1.29 is 9.53 Å². The Balaban J connectivity index is 1.60. The van der Waals surface area contributed by atoms with Crippen LogP contribution in [0.25, 0.3) is 0 Å². The first-order valence-electron chi connectivity index (χ1n) is 6.87. The van der Waals surface area contributed by atoms with E-state index < -0.39 is 0 Å². The van der Waals surface area contributed by atoms with Crippen LogP contribution in [0.15, 0.2) is 41.8 Å². The van der Waals surface area contributed by atoms with E-state index in [-0.39, 0.29) is 5.91 Å². The molecule has 3 rings (SSSR count). The molecule has 0 aliphatic carbocycles. The lowest BCUT2D eigenvalue weighted by Gasteiger charge is -2.13. The summed E-state index contributed by atoms with van der Waals surface area (Å²) in [7, 11) is 0. The number of hydrogen-bond acceptors (Lipinski definition) is 3. The second-order valence-electron chi connectivity index (χ2n) is 4.92. The minimum atomic E-state index is 0.165. The van der Waals surface area contributed by atoms with Gasteiger partial charge in [-0.2, -0.15) is 0 Å². The van der Waals surface area contributed by atoms with Crippen LogP contribution in [0.1, 0.15) is 28.1 Å². The highest BCUT2D eigenvalue weighted by Gasteiger charge is 2.20. The molecule has 3 nitrogen and oxygen atoms in total. The summed E-state index contributed by atoms with van der Waals surface area (Å²) >= 11 is 1.51. The maximum absolute atomic E-state index is 12.2. The maximum Gasteiger partial charge on any atom is 0.263 e. The van der Waals surface area contributed by atoms with Gasteiger partial charge in [-0.25, -0.2) is 0 Å². The van der Waals surface area contributed by atoms with E-state index in [2.05, 4.69) is 0 Å². The lowest BCUT2D eigenvalue weighted by molar-refractivity contribution is 0.0797. The van der Waals surface area contributed by atoms with Crippen molar-refractivity contribution in [1.82, 2.24) is 4.90 Å². The fourth-order valence-corrected chi connectivity index (χ4v) is 3.19. The smallest absolute Gasteiger partial charge is 0.263 e. The maximum atomic E-state index is 12.2. The number of likely N-dealkylation sites (tertiary alicyclic amines) is 1. The first kappa shape index (κ1) is 13.2. The van der Waals surface area contributed by atoms with Gasteiger partial charge in [0.2, 0.25) is 0 Å². The van der Waals surface area contributed by atoms with Crippen LogP contribution in [0, 0.1) is 0 Å². The Morgan fingerprint density at radius 3 is 2.70 bits per heavy atom. The van der Waals surface area contributed by atoms with E-state index in [1.165, 1.54) is 11.3 Å². The third-order valence-electron chi connectivity index (χ3n) is 3.41. The molecule has 1 amide bonds. The molecule has 20 heavy (non-hydrogen) atoms. The summed E-state index contributed by atoms with van der Waals surface area (Å²) in [6.45, 7) is 2.30. The molecule has 1 aliphatic heterocycles. The highest BCUT2D eigenvalue weighted by atomic mass is 32.1. The Labute approximate surface area is 122 Å². The Bertz CT molecular complexity index is 573. The molecule has 1 aromatic carbocycles. The predicted octanol–water partition coefficient (Wildman–Crippen LogP) is 3.56. The van der Waals surface area contributed by atoms with E-state index in [9.17, 15) is 4.79 Å². The van der Waals surface area contributed by atoms with E-state index in [1.807, 2.05) is 46.7 Å². The summed E-state index contributed by atoms with van der Waals surface area (Å²) in [5.41, 5.74) is 1.06. The molecular formula is C16H17NO2S. The van der Waals surface area contributed by atoms with Crippen LogP contribution in [0.2, 0.25) is 0 Å². The second kappa shape index (κ2) is 6.09. The van der Waals surface area contributed by atoms with Gasteiger partial charge < -0.3 is 9.64 Å². The first-order chi connectivity index (χ1) is 9.83. The van der Waals surface area contributed by atoms with E-state index in [0.717, 1.165) is 42.1 Å². The van der Waals surface area contributed by atoms with Crippen LogP contribution in [-0.4, -0.2) is 23.9 Å². The molecule has 0 bridgehead atoms. The van der Waals surface area contributed by atoms with Gasteiger partial charge in [0, 0.05) is 18.7 Å². The number of thiophene rings is 1. The molecule has 2 heterocycles. The summed E-state index contributed by atoms with van der Waals surface area (Å²) in [4.78, 5) is 15.0. The zero-order valence-electron chi connectivity index (χ0n) is 11.2. The molecule has 0 saturated carbocycles. The summed E-state index contributed by atoms with van der Waals surface area (Å²) in [5, 5.41) is 2.01. The van der Waals surface area contributed by atoms with Crippen molar-refractivity contribution in [2.24, 2.45) is 0 Å². The molecular weight excluding hydrogens is 270 g/mol. The van der Waals surface area contributed by atoms with Gasteiger partial charge in [0.1, 0.15) is 12.4 Å². The quantitative estimate of drug-likeness (QED) is 0.860. The van der Waals surface area contributed by atoms with Crippen LogP contribution in [-0.2, 0) is 6.61 Å². The van der Waals surface area contributed by atoms with Crippen LogP contribution in [0.5, 0.6) is 5.75 Å². The molecule has 104 valence electrons. The van der Waals surface area contributed by atoms with Crippen molar-refractivity contribution in [3.8, 4) is 5.75 Å². The van der Waals surface area contributed by atoms with Crippen LogP contribution in [0.4, 0.5) is 0 Å². The zero-order chi connectivity index (χ0) is 13.8. The Morgan fingerprint density at radius 1 is 1.20 bits per heavy atom. The number of carbonyl (C=O) groups excluding carboxylic acids is 1. The van der Waals surface area contributed by atoms with Crippen LogP contribution in [0.3, 0.4) is 0 Å². The number of ether oxygens (including phenoxy) is 1. The minimum Gasteiger partial charge on any atom is -0.489 e. The standard InChI is InChI=1S/C16H17NO2S/c18-16(17-8-4-5-9-17)15-10-13(12-20-15)11-19-14-6-2-1-3-7-14/h1-3,6-7,10,12H,4-5,8-9,11H2. The SMILES string of the molecule is O=C(c1cc(COc2ccccc2)cs1)N1CCCC1. The van der Waals surface area contributed by atoms with Gasteiger partial charge in [0.05, 0.1) is 4.88 Å². The molecule has 1 aliphatic rings. The van der Waals surface area contributed by atoms with Gasteiger partial charge in [-0.1, -0.05) is 18.2 Å². The Hall–Kier alpha value is -1.81. The van der Waals surface area contributed by atoms with Gasteiger partial charge in [-0.3, -0.25) is 4.79 Å². The van der Waals surface area contributed by atoms with Crippen LogP contribution < -0.4 is 4.74 Å². The fraction of sp³-hybridized carbons (Fsp3) is 0.312. The lowest BCUT2D eigenvalue weighted by atomic mass is 10.3.